The lowest BCUT2D eigenvalue weighted by Gasteiger charge is -2.43. The Morgan fingerprint density at radius 1 is 0.615 bits per heavy atom. The summed E-state index contributed by atoms with van der Waals surface area (Å²) in [6.07, 6.45) is 11.6. The zero-order valence-electron chi connectivity index (χ0n) is 15.3. The topological polar surface area (TPSA) is 52.6 Å². The number of benzene rings is 1. The number of carbonyl (C=O) groups excluding carboxylic acids is 2. The average molecular weight is 354 g/mol. The molecule has 138 valence electrons. The summed E-state index contributed by atoms with van der Waals surface area (Å²) in [6, 6.07) is 3.58. The predicted octanol–water partition coefficient (Wildman–Crippen LogP) is 5.02. The van der Waals surface area contributed by atoms with Crippen molar-refractivity contribution in [1.82, 2.24) is 0 Å². The molecule has 2 saturated carbocycles. The number of hydrogen-bond donors (Lipinski definition) is 0. The highest BCUT2D eigenvalue weighted by Crippen LogP contribution is 2.47. The largest absolute Gasteiger partial charge is 0.486 e. The van der Waals surface area contributed by atoms with Crippen LogP contribution in [0.25, 0.3) is 0 Å². The molecule has 0 bridgehead atoms. The van der Waals surface area contributed by atoms with Gasteiger partial charge in [0.05, 0.1) is 24.0 Å². The third kappa shape index (κ3) is 2.57. The van der Waals surface area contributed by atoms with E-state index in [0.717, 1.165) is 51.4 Å². The number of carbonyl (C=O) groups is 2. The fourth-order valence-electron chi connectivity index (χ4n) is 5.43. The monoisotopic (exact) mass is 354 g/mol. The van der Waals surface area contributed by atoms with Crippen molar-refractivity contribution in [2.24, 2.45) is 0 Å². The van der Waals surface area contributed by atoms with Crippen molar-refractivity contribution in [3.8, 4) is 11.5 Å². The van der Waals surface area contributed by atoms with Gasteiger partial charge < -0.3 is 9.47 Å². The lowest BCUT2D eigenvalue weighted by Crippen LogP contribution is -2.45. The van der Waals surface area contributed by atoms with Gasteiger partial charge in [-0.25, -0.2) is 0 Å². The number of fused-ring (bicyclic) bond motifs is 2. The van der Waals surface area contributed by atoms with E-state index >= 15 is 0 Å². The molecule has 2 fully saturated rings. The second-order valence-corrected chi connectivity index (χ2v) is 8.74. The zero-order chi connectivity index (χ0) is 17.8. The van der Waals surface area contributed by atoms with Crippen molar-refractivity contribution in [3.05, 3.63) is 23.3 Å². The van der Waals surface area contributed by atoms with Crippen molar-refractivity contribution >= 4 is 11.6 Å². The van der Waals surface area contributed by atoms with Gasteiger partial charge in [0.25, 0.3) is 0 Å². The van der Waals surface area contributed by atoms with Crippen molar-refractivity contribution in [2.45, 2.75) is 88.3 Å². The molecule has 0 aromatic heterocycles. The smallest absolute Gasteiger partial charge is 0.170 e. The Morgan fingerprint density at radius 2 is 1.04 bits per heavy atom. The maximum atomic E-state index is 12.8. The van der Waals surface area contributed by atoms with Crippen LogP contribution in [0.5, 0.6) is 11.5 Å². The molecule has 0 unspecified atom stereocenters. The molecule has 4 aliphatic rings. The minimum absolute atomic E-state index is 0.113. The van der Waals surface area contributed by atoms with Crippen LogP contribution in [0.15, 0.2) is 12.1 Å². The van der Waals surface area contributed by atoms with E-state index in [4.69, 9.17) is 9.47 Å². The van der Waals surface area contributed by atoms with Crippen molar-refractivity contribution in [3.63, 3.8) is 0 Å². The van der Waals surface area contributed by atoms with Crippen molar-refractivity contribution in [2.75, 3.05) is 0 Å². The molecular weight excluding hydrogens is 328 g/mol. The van der Waals surface area contributed by atoms with E-state index in [0.29, 0.717) is 35.5 Å². The van der Waals surface area contributed by atoms with Gasteiger partial charge in [-0.1, -0.05) is 12.8 Å². The summed E-state index contributed by atoms with van der Waals surface area (Å²) in [5.41, 5.74) is 0.461. The molecule has 1 aromatic carbocycles. The molecule has 5 rings (SSSR count). The Balaban J connectivity index is 1.52. The Morgan fingerprint density at radius 3 is 1.46 bits per heavy atom. The Hall–Kier alpha value is -1.84. The average Bonchev–Trinajstić information content (AvgIpc) is 2.62. The molecule has 0 amide bonds. The van der Waals surface area contributed by atoms with Crippen molar-refractivity contribution < 1.29 is 19.1 Å². The molecule has 26 heavy (non-hydrogen) atoms. The number of ketones is 2. The van der Waals surface area contributed by atoms with Gasteiger partial charge in [-0.05, 0) is 57.4 Å². The van der Waals surface area contributed by atoms with Gasteiger partial charge in [-0.15, -0.1) is 0 Å². The minimum atomic E-state index is -0.336. The van der Waals surface area contributed by atoms with Crippen LogP contribution < -0.4 is 9.47 Å². The predicted molar refractivity (Wildman–Crippen MR) is 97.2 cm³/mol. The van der Waals surface area contributed by atoms with Crippen LogP contribution in [-0.2, 0) is 0 Å². The second kappa shape index (κ2) is 5.83. The normalized spacial score (nSPS) is 26.0. The molecular formula is C22H26O4. The van der Waals surface area contributed by atoms with E-state index in [9.17, 15) is 9.59 Å². The first kappa shape index (κ1) is 16.3. The first-order chi connectivity index (χ1) is 12.6. The highest BCUT2D eigenvalue weighted by atomic mass is 16.5. The minimum Gasteiger partial charge on any atom is -0.486 e. The molecule has 0 N–H and O–H groups in total. The van der Waals surface area contributed by atoms with Gasteiger partial charge in [-0.2, -0.15) is 0 Å². The van der Waals surface area contributed by atoms with Crippen LogP contribution in [0.1, 0.15) is 97.8 Å². The molecule has 0 radical (unpaired) electrons. The van der Waals surface area contributed by atoms with Crippen LogP contribution in [0.2, 0.25) is 0 Å². The molecule has 2 spiro atoms. The molecule has 4 nitrogen and oxygen atoms in total. The number of hydrogen-bond acceptors (Lipinski definition) is 4. The van der Waals surface area contributed by atoms with Gasteiger partial charge in [0, 0.05) is 6.07 Å². The quantitative estimate of drug-likeness (QED) is 0.656. The summed E-state index contributed by atoms with van der Waals surface area (Å²) >= 11 is 0. The molecule has 1 aromatic rings. The first-order valence-corrected chi connectivity index (χ1v) is 10.2. The standard InChI is InChI=1S/C22H26O4/c23-17-13-21(7-3-1-4-8-21)25-19-12-20-16(11-15(17)19)18(24)14-22(26-20)9-5-2-6-10-22/h11-12H,1-10,13-14H2. The molecule has 2 aliphatic heterocycles. The van der Waals surface area contributed by atoms with Gasteiger partial charge >= 0.3 is 0 Å². The van der Waals surface area contributed by atoms with Crippen molar-refractivity contribution in [1.29, 1.82) is 0 Å². The molecule has 0 saturated heterocycles. The molecule has 2 heterocycles. The SMILES string of the molecule is O=C1CC2(CCCCC2)Oc2cc3c(cc21)C(=O)CC1(CCCCC1)O3. The summed E-state index contributed by atoms with van der Waals surface area (Å²) in [5.74, 6) is 1.48. The van der Waals surface area contributed by atoms with E-state index in [2.05, 4.69) is 0 Å². The fourth-order valence-corrected chi connectivity index (χ4v) is 5.43. The van der Waals surface area contributed by atoms with E-state index in [1.54, 1.807) is 6.07 Å². The number of ether oxygens (including phenoxy) is 2. The molecule has 4 heteroatoms. The Labute approximate surface area is 154 Å². The third-order valence-electron chi connectivity index (χ3n) is 6.83. The van der Waals surface area contributed by atoms with Gasteiger partial charge in [-0.3, -0.25) is 9.59 Å². The lowest BCUT2D eigenvalue weighted by atomic mass is 9.76. The number of Topliss-reactive ketones (excluding diaryl/α,β-unsaturated/α-hetero) is 2. The number of rotatable bonds is 0. The summed E-state index contributed by atoms with van der Waals surface area (Å²) in [4.78, 5) is 25.6. The third-order valence-corrected chi connectivity index (χ3v) is 6.83. The molecule has 0 atom stereocenters. The first-order valence-electron chi connectivity index (χ1n) is 10.2. The van der Waals surface area contributed by atoms with Gasteiger partial charge in [0.1, 0.15) is 22.7 Å². The summed E-state index contributed by atoms with van der Waals surface area (Å²) in [7, 11) is 0. The molecule has 2 aliphatic carbocycles. The zero-order valence-corrected chi connectivity index (χ0v) is 15.3. The van der Waals surface area contributed by atoms with Gasteiger partial charge in [0.15, 0.2) is 11.6 Å². The fraction of sp³-hybridized carbons (Fsp3) is 0.636. The van der Waals surface area contributed by atoms with Crippen LogP contribution in [-0.4, -0.2) is 22.8 Å². The maximum Gasteiger partial charge on any atom is 0.170 e. The van der Waals surface area contributed by atoms with Crippen LogP contribution >= 0.6 is 0 Å². The highest BCUT2D eigenvalue weighted by molar-refractivity contribution is 6.06. The van der Waals surface area contributed by atoms with Gasteiger partial charge in [0.2, 0.25) is 0 Å². The van der Waals surface area contributed by atoms with E-state index in [1.165, 1.54) is 12.8 Å². The van der Waals surface area contributed by atoms with E-state index in [1.807, 2.05) is 6.07 Å². The summed E-state index contributed by atoms with van der Waals surface area (Å²) < 4.78 is 12.8. The van der Waals surface area contributed by atoms with Crippen LogP contribution in [0, 0.1) is 0 Å². The summed E-state index contributed by atoms with van der Waals surface area (Å²) in [6.45, 7) is 0. The Bertz CT molecular complexity index is 705. The maximum absolute atomic E-state index is 12.8. The van der Waals surface area contributed by atoms with Crippen LogP contribution in [0.3, 0.4) is 0 Å². The Kier molecular flexibility index (Phi) is 3.67. The lowest BCUT2D eigenvalue weighted by molar-refractivity contribution is 0.00734. The highest BCUT2D eigenvalue weighted by Gasteiger charge is 2.45. The van der Waals surface area contributed by atoms with E-state index < -0.39 is 0 Å². The summed E-state index contributed by atoms with van der Waals surface area (Å²) in [5, 5.41) is 0. The van der Waals surface area contributed by atoms with E-state index in [-0.39, 0.29) is 22.8 Å². The second-order valence-electron chi connectivity index (χ2n) is 8.74. The van der Waals surface area contributed by atoms with Crippen LogP contribution in [0.4, 0.5) is 0 Å².